The van der Waals surface area contributed by atoms with Gasteiger partial charge in [-0.25, -0.2) is 0 Å². The maximum absolute atomic E-state index is 10.4. The third-order valence-electron chi connectivity index (χ3n) is 3.46. The Labute approximate surface area is 117 Å². The number of hydrogen-bond donors (Lipinski definition) is 4. The van der Waals surface area contributed by atoms with E-state index >= 15 is 0 Å². The van der Waals surface area contributed by atoms with Crippen molar-refractivity contribution in [2.75, 3.05) is 17.2 Å². The monoisotopic (exact) mass is 276 g/mol. The molecule has 0 aromatic carbocycles. The van der Waals surface area contributed by atoms with Crippen LogP contribution in [0.4, 0.5) is 11.6 Å². The highest BCUT2D eigenvalue weighted by atomic mass is 16.1. The van der Waals surface area contributed by atoms with E-state index in [0.29, 0.717) is 12.2 Å². The normalized spacial score (nSPS) is 10.6. The zero-order valence-corrected chi connectivity index (χ0v) is 12.0. The van der Waals surface area contributed by atoms with E-state index in [4.69, 9.17) is 0 Å². The molecule has 0 saturated heterocycles. The van der Waals surface area contributed by atoms with Crippen molar-refractivity contribution < 1.29 is 4.79 Å². The first-order chi connectivity index (χ1) is 9.63. The molecule has 1 amide bonds. The van der Waals surface area contributed by atoms with Crippen molar-refractivity contribution in [2.45, 2.75) is 33.6 Å². The van der Waals surface area contributed by atoms with Crippen LogP contribution in [0.25, 0.3) is 0 Å². The van der Waals surface area contributed by atoms with Gasteiger partial charge < -0.3 is 10.6 Å². The van der Waals surface area contributed by atoms with Crippen molar-refractivity contribution in [3.05, 3.63) is 22.5 Å². The number of amides is 1. The Morgan fingerprint density at radius 1 is 1.10 bits per heavy atom. The van der Waals surface area contributed by atoms with Gasteiger partial charge in [0.25, 0.3) is 0 Å². The van der Waals surface area contributed by atoms with Crippen LogP contribution in [0, 0.1) is 20.8 Å². The van der Waals surface area contributed by atoms with Crippen molar-refractivity contribution in [3.8, 4) is 0 Å². The lowest BCUT2D eigenvalue weighted by molar-refractivity contribution is -0.105. The summed E-state index contributed by atoms with van der Waals surface area (Å²) in [5.74, 6) is 1.51. The Balaban J connectivity index is 1.81. The van der Waals surface area contributed by atoms with Gasteiger partial charge in [-0.3, -0.25) is 15.0 Å². The topological polar surface area (TPSA) is 98.5 Å². The summed E-state index contributed by atoms with van der Waals surface area (Å²) in [4.78, 5) is 10.4. The summed E-state index contributed by atoms with van der Waals surface area (Å²) in [5.41, 5.74) is 4.27. The smallest absolute Gasteiger partial charge is 0.212 e. The van der Waals surface area contributed by atoms with Crippen LogP contribution in [0.2, 0.25) is 0 Å². The lowest BCUT2D eigenvalue weighted by atomic mass is 10.1. The van der Waals surface area contributed by atoms with Crippen molar-refractivity contribution >= 4 is 18.0 Å². The minimum absolute atomic E-state index is 0.599. The maximum atomic E-state index is 10.4. The van der Waals surface area contributed by atoms with E-state index in [0.717, 1.165) is 47.7 Å². The largest absolute Gasteiger partial charge is 0.368 e. The molecule has 2 rings (SSSR count). The summed E-state index contributed by atoms with van der Waals surface area (Å²) in [6, 6.07) is 0. The van der Waals surface area contributed by atoms with Gasteiger partial charge in [0.05, 0.1) is 0 Å². The fraction of sp³-hybridized carbons (Fsp3) is 0.462. The number of rotatable bonds is 7. The third-order valence-corrected chi connectivity index (χ3v) is 3.46. The number of carbonyl (C=O) groups excluding carboxylic acids is 1. The number of aromatic amines is 2. The Morgan fingerprint density at radius 2 is 1.85 bits per heavy atom. The van der Waals surface area contributed by atoms with Crippen LogP contribution >= 0.6 is 0 Å². The molecule has 20 heavy (non-hydrogen) atoms. The summed E-state index contributed by atoms with van der Waals surface area (Å²) in [7, 11) is 0. The van der Waals surface area contributed by atoms with Gasteiger partial charge in [0.1, 0.15) is 0 Å². The number of nitrogens with zero attached hydrogens (tertiary/aromatic N) is 2. The average Bonchev–Trinajstić information content (AvgIpc) is 2.93. The van der Waals surface area contributed by atoms with Crippen LogP contribution in [-0.4, -0.2) is 33.3 Å². The molecule has 0 aliphatic heterocycles. The van der Waals surface area contributed by atoms with Crippen LogP contribution in [0.3, 0.4) is 0 Å². The highest BCUT2D eigenvalue weighted by molar-refractivity contribution is 5.70. The zero-order valence-electron chi connectivity index (χ0n) is 12.0. The molecule has 7 nitrogen and oxygen atoms in total. The van der Waals surface area contributed by atoms with Gasteiger partial charge in [0.15, 0.2) is 11.6 Å². The van der Waals surface area contributed by atoms with E-state index in [1.54, 1.807) is 0 Å². The van der Waals surface area contributed by atoms with E-state index in [2.05, 4.69) is 31.0 Å². The molecule has 0 saturated carbocycles. The lowest BCUT2D eigenvalue weighted by Gasteiger charge is -2.04. The van der Waals surface area contributed by atoms with Crippen molar-refractivity contribution in [1.82, 2.24) is 20.4 Å². The minimum atomic E-state index is 0.599. The second kappa shape index (κ2) is 6.23. The average molecular weight is 276 g/mol. The lowest BCUT2D eigenvalue weighted by Crippen LogP contribution is -2.05. The Kier molecular flexibility index (Phi) is 4.39. The second-order valence-electron chi connectivity index (χ2n) is 4.79. The van der Waals surface area contributed by atoms with Crippen molar-refractivity contribution in [1.29, 1.82) is 0 Å². The van der Waals surface area contributed by atoms with E-state index < -0.39 is 0 Å². The van der Waals surface area contributed by atoms with Crippen molar-refractivity contribution in [3.63, 3.8) is 0 Å². The molecule has 0 aliphatic carbocycles. The first-order valence-electron chi connectivity index (χ1n) is 6.63. The number of hydrogen-bond acceptors (Lipinski definition) is 4. The van der Waals surface area contributed by atoms with E-state index in [1.807, 2.05) is 20.8 Å². The minimum Gasteiger partial charge on any atom is -0.368 e. The number of aromatic nitrogens is 4. The fourth-order valence-corrected chi connectivity index (χ4v) is 2.00. The van der Waals surface area contributed by atoms with Crippen LogP contribution < -0.4 is 10.6 Å². The zero-order chi connectivity index (χ0) is 14.5. The predicted octanol–water partition coefficient (Wildman–Crippen LogP) is 1.67. The Morgan fingerprint density at radius 3 is 2.50 bits per heavy atom. The molecule has 2 aromatic heterocycles. The molecule has 0 unspecified atom stereocenters. The molecule has 7 heteroatoms. The fourth-order valence-electron chi connectivity index (χ4n) is 2.00. The highest BCUT2D eigenvalue weighted by Crippen LogP contribution is 2.16. The molecule has 0 bridgehead atoms. The van der Waals surface area contributed by atoms with Crippen LogP contribution in [0.15, 0.2) is 0 Å². The summed E-state index contributed by atoms with van der Waals surface area (Å²) < 4.78 is 0. The molecule has 2 aromatic rings. The number of aryl methyl sites for hydroxylation is 2. The SMILES string of the molecule is Cc1[nH]nc(NCCCc2[nH]nc(NC=O)c2C)c1C. The van der Waals surface area contributed by atoms with Gasteiger partial charge in [-0.05, 0) is 33.6 Å². The molecule has 108 valence electrons. The first-order valence-corrected chi connectivity index (χ1v) is 6.63. The second-order valence-corrected chi connectivity index (χ2v) is 4.79. The number of carbonyl (C=O) groups is 1. The molecule has 0 aliphatic rings. The molecule has 0 radical (unpaired) electrons. The van der Waals surface area contributed by atoms with Crippen molar-refractivity contribution in [2.24, 2.45) is 0 Å². The molecule has 0 atom stereocenters. The molecular weight excluding hydrogens is 256 g/mol. The third kappa shape index (κ3) is 2.98. The molecule has 4 N–H and O–H groups in total. The predicted molar refractivity (Wildman–Crippen MR) is 77.9 cm³/mol. The van der Waals surface area contributed by atoms with Gasteiger partial charge in [0.2, 0.25) is 6.41 Å². The summed E-state index contributed by atoms with van der Waals surface area (Å²) in [6.45, 7) is 6.82. The molecule has 0 fully saturated rings. The standard InChI is InChI=1S/C13H20N6O/c1-8-10(3)16-18-12(8)14-6-4-5-11-9(2)13(15-7-20)19-17-11/h7H,4-6H2,1-3H3,(H2,14,16,18)(H2,15,17,19,20). The molecular formula is C13H20N6O. The number of anilines is 2. The molecule has 0 spiro atoms. The van der Waals surface area contributed by atoms with Gasteiger partial charge >= 0.3 is 0 Å². The maximum Gasteiger partial charge on any atom is 0.212 e. The summed E-state index contributed by atoms with van der Waals surface area (Å²) >= 11 is 0. The highest BCUT2D eigenvalue weighted by Gasteiger charge is 2.08. The quantitative estimate of drug-likeness (QED) is 0.456. The molecule has 2 heterocycles. The van der Waals surface area contributed by atoms with Gasteiger partial charge in [-0.15, -0.1) is 0 Å². The van der Waals surface area contributed by atoms with E-state index in [-0.39, 0.29) is 0 Å². The van der Waals surface area contributed by atoms with Gasteiger partial charge in [-0.2, -0.15) is 10.2 Å². The summed E-state index contributed by atoms with van der Waals surface area (Å²) in [6.07, 6.45) is 2.46. The van der Waals surface area contributed by atoms with Gasteiger partial charge in [-0.1, -0.05) is 0 Å². The first kappa shape index (κ1) is 14.1. The Bertz CT molecular complexity index is 586. The number of nitrogens with one attached hydrogen (secondary N) is 4. The van der Waals surface area contributed by atoms with Crippen LogP contribution in [0.1, 0.15) is 28.9 Å². The van der Waals surface area contributed by atoms with E-state index in [1.165, 1.54) is 0 Å². The van der Waals surface area contributed by atoms with Crippen LogP contribution in [-0.2, 0) is 11.2 Å². The number of H-pyrrole nitrogens is 2. The van der Waals surface area contributed by atoms with E-state index in [9.17, 15) is 4.79 Å². The Hall–Kier alpha value is -2.31. The van der Waals surface area contributed by atoms with Crippen LogP contribution in [0.5, 0.6) is 0 Å². The summed E-state index contributed by atoms with van der Waals surface area (Å²) in [5, 5.41) is 20.0. The van der Waals surface area contributed by atoms with Gasteiger partial charge in [0, 0.05) is 29.1 Å².